The number of likely N-dealkylation sites (N-methyl/N-ethyl adjacent to an activating group) is 1. The SMILES string of the molecule is CC(C)NCCOCCOCCN(C)[C@H](C(=O)N[C@H](C(=O)C(C)C)C(C)C)C(C)C. The zero-order valence-corrected chi connectivity index (χ0v) is 20.8. The number of nitrogens with one attached hydrogen (secondary N) is 2. The fourth-order valence-electron chi connectivity index (χ4n) is 3.27. The second-order valence-electron chi connectivity index (χ2n) is 9.29. The van der Waals surface area contributed by atoms with Crippen LogP contribution < -0.4 is 10.6 Å². The molecule has 2 atom stereocenters. The monoisotopic (exact) mass is 429 g/mol. The zero-order valence-electron chi connectivity index (χ0n) is 20.8. The Morgan fingerprint density at radius 1 is 0.833 bits per heavy atom. The maximum absolute atomic E-state index is 13.0. The van der Waals surface area contributed by atoms with E-state index < -0.39 is 6.04 Å². The van der Waals surface area contributed by atoms with Crippen LogP contribution in [0.3, 0.4) is 0 Å². The van der Waals surface area contributed by atoms with Gasteiger partial charge in [-0.2, -0.15) is 0 Å². The molecule has 178 valence electrons. The van der Waals surface area contributed by atoms with Crippen LogP contribution in [0.5, 0.6) is 0 Å². The zero-order chi connectivity index (χ0) is 23.3. The highest BCUT2D eigenvalue weighted by Gasteiger charge is 2.32. The first-order valence-corrected chi connectivity index (χ1v) is 11.4. The minimum Gasteiger partial charge on any atom is -0.378 e. The Kier molecular flexibility index (Phi) is 15.2. The number of ketones is 1. The second-order valence-corrected chi connectivity index (χ2v) is 9.29. The van der Waals surface area contributed by atoms with Crippen molar-refractivity contribution in [1.82, 2.24) is 15.5 Å². The third-order valence-corrected chi connectivity index (χ3v) is 4.97. The van der Waals surface area contributed by atoms with Crippen LogP contribution in [0.15, 0.2) is 0 Å². The Morgan fingerprint density at radius 2 is 1.40 bits per heavy atom. The highest BCUT2D eigenvalue weighted by molar-refractivity contribution is 5.92. The normalized spacial score (nSPS) is 14.2. The van der Waals surface area contributed by atoms with E-state index in [0.29, 0.717) is 39.0 Å². The summed E-state index contributed by atoms with van der Waals surface area (Å²) in [4.78, 5) is 27.5. The van der Waals surface area contributed by atoms with E-state index in [2.05, 4.69) is 24.5 Å². The van der Waals surface area contributed by atoms with Crippen molar-refractivity contribution in [3.05, 3.63) is 0 Å². The molecule has 0 fully saturated rings. The van der Waals surface area contributed by atoms with Crippen molar-refractivity contribution in [2.45, 2.75) is 73.5 Å². The maximum Gasteiger partial charge on any atom is 0.238 e. The maximum atomic E-state index is 13.0. The number of nitrogens with zero attached hydrogens (tertiary/aromatic N) is 1. The molecule has 0 aliphatic rings. The second kappa shape index (κ2) is 15.7. The van der Waals surface area contributed by atoms with Crippen molar-refractivity contribution >= 4 is 11.7 Å². The first-order chi connectivity index (χ1) is 14.0. The van der Waals surface area contributed by atoms with Gasteiger partial charge in [0, 0.05) is 25.0 Å². The summed E-state index contributed by atoms with van der Waals surface area (Å²) in [5.74, 6) is 0.0520. The summed E-state index contributed by atoms with van der Waals surface area (Å²) in [6.07, 6.45) is 0. The minimum atomic E-state index is -0.453. The van der Waals surface area contributed by atoms with Gasteiger partial charge in [-0.05, 0) is 18.9 Å². The van der Waals surface area contributed by atoms with E-state index in [1.165, 1.54) is 0 Å². The van der Waals surface area contributed by atoms with Crippen LogP contribution in [-0.4, -0.2) is 81.3 Å². The summed E-state index contributed by atoms with van der Waals surface area (Å²) in [7, 11) is 1.93. The Labute approximate surface area is 184 Å². The molecule has 0 aliphatic heterocycles. The molecule has 1 amide bonds. The van der Waals surface area contributed by atoms with Gasteiger partial charge in [0.15, 0.2) is 5.78 Å². The third-order valence-electron chi connectivity index (χ3n) is 4.97. The van der Waals surface area contributed by atoms with Crippen LogP contribution in [0.1, 0.15) is 55.4 Å². The third kappa shape index (κ3) is 12.0. The van der Waals surface area contributed by atoms with E-state index in [9.17, 15) is 9.59 Å². The Balaban J connectivity index is 4.44. The molecule has 0 bridgehead atoms. The molecule has 0 aliphatic carbocycles. The van der Waals surface area contributed by atoms with Crippen molar-refractivity contribution in [1.29, 1.82) is 0 Å². The number of hydrogen-bond donors (Lipinski definition) is 2. The van der Waals surface area contributed by atoms with Gasteiger partial charge in [-0.3, -0.25) is 14.5 Å². The van der Waals surface area contributed by atoms with Gasteiger partial charge in [-0.1, -0.05) is 55.4 Å². The first kappa shape index (κ1) is 29.0. The van der Waals surface area contributed by atoms with Crippen LogP contribution in [0, 0.1) is 17.8 Å². The lowest BCUT2D eigenvalue weighted by molar-refractivity contribution is -0.134. The largest absolute Gasteiger partial charge is 0.378 e. The molecule has 2 N–H and O–H groups in total. The van der Waals surface area contributed by atoms with E-state index in [1.807, 2.05) is 53.5 Å². The molecular formula is C23H47N3O4. The van der Waals surface area contributed by atoms with Crippen molar-refractivity contribution in [3.63, 3.8) is 0 Å². The lowest BCUT2D eigenvalue weighted by Crippen LogP contribution is -2.55. The van der Waals surface area contributed by atoms with Crippen molar-refractivity contribution in [2.75, 3.05) is 46.6 Å². The van der Waals surface area contributed by atoms with Crippen LogP contribution in [-0.2, 0) is 19.1 Å². The number of rotatable bonds is 17. The van der Waals surface area contributed by atoms with Gasteiger partial charge < -0.3 is 20.1 Å². The summed E-state index contributed by atoms with van der Waals surface area (Å²) >= 11 is 0. The van der Waals surface area contributed by atoms with E-state index in [-0.39, 0.29) is 35.5 Å². The molecule has 0 aromatic carbocycles. The molecule has 0 saturated carbocycles. The standard InChI is InChI=1S/C23H47N3O4/c1-16(2)20(22(27)18(5)6)25-23(28)21(17(3)4)26(9)11-13-30-15-14-29-12-10-24-19(7)8/h16-21,24H,10-15H2,1-9H3,(H,25,28)/t20-,21-/m0/s1. The number of hydrogen-bond acceptors (Lipinski definition) is 6. The molecular weight excluding hydrogens is 382 g/mol. The molecule has 0 radical (unpaired) electrons. The van der Waals surface area contributed by atoms with Gasteiger partial charge in [-0.15, -0.1) is 0 Å². The van der Waals surface area contributed by atoms with Crippen LogP contribution in [0.2, 0.25) is 0 Å². The molecule has 0 aromatic heterocycles. The Bertz CT molecular complexity index is 481. The average Bonchev–Trinajstić information content (AvgIpc) is 2.63. The van der Waals surface area contributed by atoms with E-state index in [0.717, 1.165) is 6.54 Å². The first-order valence-electron chi connectivity index (χ1n) is 11.4. The van der Waals surface area contributed by atoms with Gasteiger partial charge in [0.1, 0.15) is 0 Å². The van der Waals surface area contributed by atoms with Crippen molar-refractivity contribution in [3.8, 4) is 0 Å². The van der Waals surface area contributed by atoms with Gasteiger partial charge in [0.25, 0.3) is 0 Å². The van der Waals surface area contributed by atoms with E-state index in [4.69, 9.17) is 9.47 Å². The quantitative estimate of drug-likeness (QED) is 0.346. The van der Waals surface area contributed by atoms with Crippen LogP contribution >= 0.6 is 0 Å². The van der Waals surface area contributed by atoms with Crippen LogP contribution in [0.25, 0.3) is 0 Å². The summed E-state index contributed by atoms with van der Waals surface area (Å²) in [6.45, 7) is 19.7. The molecule has 0 aromatic rings. The molecule has 7 nitrogen and oxygen atoms in total. The molecule has 30 heavy (non-hydrogen) atoms. The van der Waals surface area contributed by atoms with E-state index in [1.54, 1.807) is 0 Å². The van der Waals surface area contributed by atoms with Gasteiger partial charge in [0.2, 0.25) is 5.91 Å². The number of amides is 1. The Morgan fingerprint density at radius 3 is 1.87 bits per heavy atom. The summed E-state index contributed by atoms with van der Waals surface area (Å²) in [5, 5.41) is 6.30. The van der Waals surface area contributed by atoms with Gasteiger partial charge in [0.05, 0.1) is 38.5 Å². The van der Waals surface area contributed by atoms with E-state index >= 15 is 0 Å². The molecule has 0 saturated heterocycles. The Hall–Kier alpha value is -1.02. The van der Waals surface area contributed by atoms with Crippen molar-refractivity contribution < 1.29 is 19.1 Å². The topological polar surface area (TPSA) is 79.9 Å². The lowest BCUT2D eigenvalue weighted by Gasteiger charge is -2.32. The fourth-order valence-corrected chi connectivity index (χ4v) is 3.27. The highest BCUT2D eigenvalue weighted by Crippen LogP contribution is 2.13. The summed E-state index contributed by atoms with van der Waals surface area (Å²) in [6, 6.07) is -0.301. The van der Waals surface area contributed by atoms with Crippen molar-refractivity contribution in [2.24, 2.45) is 17.8 Å². The molecule has 0 unspecified atom stereocenters. The fraction of sp³-hybridized carbons (Fsp3) is 0.913. The number of ether oxygens (including phenoxy) is 2. The lowest BCUT2D eigenvalue weighted by atomic mass is 9.92. The number of carbonyl (C=O) groups excluding carboxylic acids is 2. The molecule has 7 heteroatoms. The summed E-state index contributed by atoms with van der Waals surface area (Å²) < 4.78 is 11.2. The van der Waals surface area contributed by atoms with Crippen LogP contribution in [0.4, 0.5) is 0 Å². The minimum absolute atomic E-state index is 0.0565. The smallest absolute Gasteiger partial charge is 0.238 e. The average molecular weight is 430 g/mol. The summed E-state index contributed by atoms with van der Waals surface area (Å²) in [5.41, 5.74) is 0. The molecule has 0 spiro atoms. The predicted molar refractivity (Wildman–Crippen MR) is 123 cm³/mol. The number of carbonyl (C=O) groups is 2. The predicted octanol–water partition coefficient (Wildman–Crippen LogP) is 2.34. The van der Waals surface area contributed by atoms with Gasteiger partial charge in [-0.25, -0.2) is 0 Å². The number of Topliss-reactive ketones (excluding diaryl/α,β-unsaturated/α-hetero) is 1. The van der Waals surface area contributed by atoms with Gasteiger partial charge >= 0.3 is 0 Å². The molecule has 0 rings (SSSR count). The molecule has 0 heterocycles. The highest BCUT2D eigenvalue weighted by atomic mass is 16.5.